The Morgan fingerprint density at radius 3 is 2.46 bits per heavy atom. The molecule has 0 spiro atoms. The van der Waals surface area contributed by atoms with E-state index in [0.717, 1.165) is 4.88 Å². The Balaban J connectivity index is 1.74. The molecule has 24 heavy (non-hydrogen) atoms. The number of nitrogens with zero attached hydrogens (tertiary/aromatic N) is 1. The third kappa shape index (κ3) is 5.33. The van der Waals surface area contributed by atoms with Gasteiger partial charge in [-0.1, -0.05) is 6.07 Å². The number of amides is 3. The molecule has 2 heterocycles. The number of hydrogen-bond acceptors (Lipinski definition) is 4. The monoisotopic (exact) mass is 351 g/mol. The number of hydrogen-bond donors (Lipinski definition) is 2. The lowest BCUT2D eigenvalue weighted by molar-refractivity contribution is -0.130. The third-order valence-corrected chi connectivity index (χ3v) is 4.68. The SMILES string of the molecule is CC(C)(C)NC(=O)CNC(=O)C1CCN(C(=O)c2cccs2)CC1. The van der Waals surface area contributed by atoms with Gasteiger partial charge in [0.1, 0.15) is 0 Å². The van der Waals surface area contributed by atoms with Crippen molar-refractivity contribution in [1.29, 1.82) is 0 Å². The van der Waals surface area contributed by atoms with E-state index in [-0.39, 0.29) is 35.7 Å². The molecule has 0 radical (unpaired) electrons. The summed E-state index contributed by atoms with van der Waals surface area (Å²) < 4.78 is 0. The van der Waals surface area contributed by atoms with E-state index in [1.54, 1.807) is 4.90 Å². The maximum Gasteiger partial charge on any atom is 0.263 e. The van der Waals surface area contributed by atoms with Gasteiger partial charge in [-0.25, -0.2) is 0 Å². The van der Waals surface area contributed by atoms with Gasteiger partial charge >= 0.3 is 0 Å². The average Bonchev–Trinajstić information content (AvgIpc) is 3.05. The predicted molar refractivity (Wildman–Crippen MR) is 93.9 cm³/mol. The van der Waals surface area contributed by atoms with Crippen LogP contribution in [-0.4, -0.2) is 47.8 Å². The number of carbonyl (C=O) groups is 3. The molecule has 2 rings (SSSR count). The molecular formula is C17H25N3O3S. The van der Waals surface area contributed by atoms with Crippen molar-refractivity contribution in [2.45, 2.75) is 39.2 Å². The number of piperidine rings is 1. The van der Waals surface area contributed by atoms with Crippen molar-refractivity contribution in [1.82, 2.24) is 15.5 Å². The molecule has 1 aliphatic rings. The highest BCUT2D eigenvalue weighted by molar-refractivity contribution is 7.12. The first-order chi connectivity index (χ1) is 11.3. The second-order valence-electron chi connectivity index (χ2n) is 7.06. The molecule has 1 fully saturated rings. The summed E-state index contributed by atoms with van der Waals surface area (Å²) in [4.78, 5) is 38.7. The summed E-state index contributed by atoms with van der Waals surface area (Å²) in [5.74, 6) is -0.406. The predicted octanol–water partition coefficient (Wildman–Crippen LogP) is 1.63. The summed E-state index contributed by atoms with van der Waals surface area (Å²) in [5.41, 5.74) is -0.310. The Morgan fingerprint density at radius 2 is 1.92 bits per heavy atom. The van der Waals surface area contributed by atoms with Crippen molar-refractivity contribution in [2.24, 2.45) is 5.92 Å². The van der Waals surface area contributed by atoms with Crippen LogP contribution in [0.5, 0.6) is 0 Å². The molecule has 0 unspecified atom stereocenters. The Bertz CT molecular complexity index is 585. The lowest BCUT2D eigenvalue weighted by Crippen LogP contribution is -2.48. The van der Waals surface area contributed by atoms with Crippen molar-refractivity contribution in [3.8, 4) is 0 Å². The Hall–Kier alpha value is -1.89. The number of nitrogens with one attached hydrogen (secondary N) is 2. The quantitative estimate of drug-likeness (QED) is 0.865. The minimum atomic E-state index is -0.310. The van der Waals surface area contributed by atoms with Crippen LogP contribution in [0.4, 0.5) is 0 Å². The molecule has 0 bridgehead atoms. The largest absolute Gasteiger partial charge is 0.350 e. The highest BCUT2D eigenvalue weighted by atomic mass is 32.1. The molecule has 0 saturated carbocycles. The standard InChI is InChI=1S/C17H25N3O3S/c1-17(2,3)19-14(21)11-18-15(22)12-6-8-20(9-7-12)16(23)13-5-4-10-24-13/h4-5,10,12H,6-9,11H2,1-3H3,(H,18,22)(H,19,21). The molecule has 1 saturated heterocycles. The van der Waals surface area contributed by atoms with Crippen LogP contribution in [0, 0.1) is 5.92 Å². The van der Waals surface area contributed by atoms with E-state index in [9.17, 15) is 14.4 Å². The van der Waals surface area contributed by atoms with E-state index >= 15 is 0 Å². The van der Waals surface area contributed by atoms with Gasteiger partial charge in [0.2, 0.25) is 11.8 Å². The second kappa shape index (κ2) is 7.79. The summed E-state index contributed by atoms with van der Waals surface area (Å²) in [5, 5.41) is 7.39. The van der Waals surface area contributed by atoms with E-state index in [0.29, 0.717) is 25.9 Å². The van der Waals surface area contributed by atoms with Gasteiger partial charge in [0.05, 0.1) is 11.4 Å². The molecule has 1 aromatic heterocycles. The van der Waals surface area contributed by atoms with Gasteiger partial charge in [0.25, 0.3) is 5.91 Å². The van der Waals surface area contributed by atoms with E-state index < -0.39 is 0 Å². The minimum Gasteiger partial charge on any atom is -0.350 e. The third-order valence-electron chi connectivity index (χ3n) is 3.82. The molecule has 0 atom stereocenters. The molecular weight excluding hydrogens is 326 g/mol. The summed E-state index contributed by atoms with van der Waals surface area (Å²) in [7, 11) is 0. The zero-order valence-electron chi connectivity index (χ0n) is 14.4. The van der Waals surface area contributed by atoms with Crippen LogP contribution in [-0.2, 0) is 9.59 Å². The number of carbonyl (C=O) groups excluding carboxylic acids is 3. The van der Waals surface area contributed by atoms with Crippen molar-refractivity contribution >= 4 is 29.1 Å². The van der Waals surface area contributed by atoms with Gasteiger partial charge in [-0.05, 0) is 45.1 Å². The zero-order valence-corrected chi connectivity index (χ0v) is 15.2. The van der Waals surface area contributed by atoms with Crippen molar-refractivity contribution < 1.29 is 14.4 Å². The zero-order chi connectivity index (χ0) is 17.7. The molecule has 6 nitrogen and oxygen atoms in total. The minimum absolute atomic E-state index is 0.00948. The van der Waals surface area contributed by atoms with Crippen LogP contribution >= 0.6 is 11.3 Å². The van der Waals surface area contributed by atoms with Crippen LogP contribution in [0.2, 0.25) is 0 Å². The summed E-state index contributed by atoms with van der Waals surface area (Å²) >= 11 is 1.43. The topological polar surface area (TPSA) is 78.5 Å². The highest BCUT2D eigenvalue weighted by Gasteiger charge is 2.28. The van der Waals surface area contributed by atoms with E-state index in [1.807, 2.05) is 38.3 Å². The molecule has 7 heteroatoms. The summed E-state index contributed by atoms with van der Waals surface area (Å²) in [6.45, 7) is 6.82. The molecule has 132 valence electrons. The van der Waals surface area contributed by atoms with Gasteiger partial charge in [0, 0.05) is 24.5 Å². The Labute approximate surface area is 146 Å². The summed E-state index contributed by atoms with van der Waals surface area (Å²) in [6.07, 6.45) is 1.26. The molecule has 2 N–H and O–H groups in total. The van der Waals surface area contributed by atoms with E-state index in [4.69, 9.17) is 0 Å². The number of rotatable bonds is 4. The fourth-order valence-corrected chi connectivity index (χ4v) is 3.37. The van der Waals surface area contributed by atoms with Gasteiger partial charge in [-0.2, -0.15) is 0 Å². The molecule has 1 aromatic rings. The number of thiophene rings is 1. The highest BCUT2D eigenvalue weighted by Crippen LogP contribution is 2.20. The van der Waals surface area contributed by atoms with E-state index in [1.165, 1.54) is 11.3 Å². The van der Waals surface area contributed by atoms with Gasteiger partial charge in [0.15, 0.2) is 0 Å². The van der Waals surface area contributed by atoms with Crippen molar-refractivity contribution in [2.75, 3.05) is 19.6 Å². The van der Waals surface area contributed by atoms with Crippen LogP contribution in [0.3, 0.4) is 0 Å². The lowest BCUT2D eigenvalue weighted by atomic mass is 9.96. The van der Waals surface area contributed by atoms with Crippen LogP contribution < -0.4 is 10.6 Å². The van der Waals surface area contributed by atoms with E-state index in [2.05, 4.69) is 10.6 Å². The summed E-state index contributed by atoms with van der Waals surface area (Å²) in [6, 6.07) is 3.68. The first kappa shape index (κ1) is 18.4. The van der Waals surface area contributed by atoms with Gasteiger partial charge in [-0.3, -0.25) is 14.4 Å². The average molecular weight is 351 g/mol. The Morgan fingerprint density at radius 1 is 1.25 bits per heavy atom. The van der Waals surface area contributed by atoms with Crippen LogP contribution in [0.25, 0.3) is 0 Å². The van der Waals surface area contributed by atoms with Crippen LogP contribution in [0.15, 0.2) is 17.5 Å². The van der Waals surface area contributed by atoms with Crippen molar-refractivity contribution in [3.05, 3.63) is 22.4 Å². The smallest absolute Gasteiger partial charge is 0.263 e. The molecule has 1 aliphatic heterocycles. The fourth-order valence-electron chi connectivity index (χ4n) is 2.68. The second-order valence-corrected chi connectivity index (χ2v) is 8.01. The van der Waals surface area contributed by atoms with Crippen LogP contribution in [0.1, 0.15) is 43.3 Å². The molecule has 0 aromatic carbocycles. The first-order valence-corrected chi connectivity index (χ1v) is 9.06. The fraction of sp³-hybridized carbons (Fsp3) is 0.588. The molecule has 0 aliphatic carbocycles. The maximum atomic E-state index is 12.3. The van der Waals surface area contributed by atoms with Crippen molar-refractivity contribution in [3.63, 3.8) is 0 Å². The van der Waals surface area contributed by atoms with Gasteiger partial charge < -0.3 is 15.5 Å². The molecule has 3 amide bonds. The number of likely N-dealkylation sites (tertiary alicyclic amines) is 1. The van der Waals surface area contributed by atoms with Gasteiger partial charge in [-0.15, -0.1) is 11.3 Å². The Kier molecular flexibility index (Phi) is 5.99. The maximum absolute atomic E-state index is 12.3. The lowest BCUT2D eigenvalue weighted by Gasteiger charge is -2.31. The first-order valence-electron chi connectivity index (χ1n) is 8.18. The normalized spacial score (nSPS) is 15.9.